The van der Waals surface area contributed by atoms with Crippen molar-refractivity contribution in [3.8, 4) is 22.3 Å². The first kappa shape index (κ1) is 15.4. The lowest BCUT2D eigenvalue weighted by molar-refractivity contribution is 1.68. The maximum absolute atomic E-state index is 2.27. The second-order valence-electron chi connectivity index (χ2n) is 7.32. The molecule has 2 aliphatic rings. The molecule has 0 amide bonds. The van der Waals surface area contributed by atoms with Gasteiger partial charge in [0.05, 0.1) is 0 Å². The van der Waals surface area contributed by atoms with Crippen LogP contribution in [0.15, 0.2) is 109 Å². The summed E-state index contributed by atoms with van der Waals surface area (Å²) in [6.45, 7) is 0. The summed E-state index contributed by atoms with van der Waals surface area (Å²) in [6, 6.07) is 39.4. The van der Waals surface area contributed by atoms with E-state index >= 15 is 0 Å². The van der Waals surface area contributed by atoms with Gasteiger partial charge < -0.3 is 0 Å². The minimum atomic E-state index is 1.27. The molecule has 2 aliphatic carbocycles. The van der Waals surface area contributed by atoms with Gasteiger partial charge in [0.15, 0.2) is 0 Å². The summed E-state index contributed by atoms with van der Waals surface area (Å²) in [7, 11) is 0. The molecule has 0 N–H and O–H groups in total. The first-order valence-electron chi connectivity index (χ1n) is 9.73. The average molecular weight is 354 g/mol. The van der Waals surface area contributed by atoms with Gasteiger partial charge in [0.2, 0.25) is 0 Å². The lowest BCUT2D eigenvalue weighted by Gasteiger charge is -2.09. The van der Waals surface area contributed by atoms with Gasteiger partial charge in [-0.15, -0.1) is 0 Å². The van der Waals surface area contributed by atoms with Crippen molar-refractivity contribution in [1.29, 1.82) is 0 Å². The number of benzene rings is 4. The van der Waals surface area contributed by atoms with E-state index in [0.29, 0.717) is 0 Å². The molecule has 0 aliphatic heterocycles. The third-order valence-corrected chi connectivity index (χ3v) is 5.82. The van der Waals surface area contributed by atoms with Crippen LogP contribution in [0.25, 0.3) is 54.6 Å². The summed E-state index contributed by atoms with van der Waals surface area (Å²) in [5.74, 6) is 0. The first-order valence-corrected chi connectivity index (χ1v) is 9.73. The molecule has 0 radical (unpaired) electrons. The Bertz CT molecular complexity index is 1440. The second-order valence-corrected chi connectivity index (χ2v) is 7.32. The average Bonchev–Trinajstić information content (AvgIpc) is 2.90. The SMILES string of the molecule is c1ccc(-c2c3cccccc-3c3c4ccccc4c4ccccc4c23)cc1. The molecule has 0 saturated carbocycles. The summed E-state index contributed by atoms with van der Waals surface area (Å²) < 4.78 is 0. The van der Waals surface area contributed by atoms with Gasteiger partial charge in [0, 0.05) is 0 Å². The molecule has 0 nitrogen and oxygen atoms in total. The molecule has 0 heterocycles. The van der Waals surface area contributed by atoms with Crippen molar-refractivity contribution < 1.29 is 0 Å². The van der Waals surface area contributed by atoms with Gasteiger partial charge in [-0.25, -0.2) is 0 Å². The van der Waals surface area contributed by atoms with E-state index in [4.69, 9.17) is 0 Å². The maximum Gasteiger partial charge on any atom is -0.000786 e. The zero-order chi connectivity index (χ0) is 18.5. The molecule has 28 heavy (non-hydrogen) atoms. The van der Waals surface area contributed by atoms with Crippen LogP contribution in [0.4, 0.5) is 0 Å². The summed E-state index contributed by atoms with van der Waals surface area (Å²) in [5.41, 5.74) is 5.24. The molecule has 0 spiro atoms. The summed E-state index contributed by atoms with van der Waals surface area (Å²) >= 11 is 0. The van der Waals surface area contributed by atoms with Crippen LogP contribution in [-0.2, 0) is 0 Å². The Hall–Kier alpha value is -3.64. The van der Waals surface area contributed by atoms with Crippen molar-refractivity contribution in [2.45, 2.75) is 0 Å². The molecular weight excluding hydrogens is 336 g/mol. The predicted octanol–water partition coefficient (Wildman–Crippen LogP) is 7.92. The monoisotopic (exact) mass is 354 g/mol. The molecule has 130 valence electrons. The van der Waals surface area contributed by atoms with Crippen molar-refractivity contribution in [1.82, 2.24) is 0 Å². The number of rotatable bonds is 1. The van der Waals surface area contributed by atoms with E-state index in [-0.39, 0.29) is 0 Å². The topological polar surface area (TPSA) is 0 Å². The molecule has 4 aromatic rings. The van der Waals surface area contributed by atoms with Gasteiger partial charge in [-0.2, -0.15) is 0 Å². The summed E-state index contributed by atoms with van der Waals surface area (Å²) in [5, 5.41) is 8.02. The number of hydrogen-bond donors (Lipinski definition) is 0. The molecule has 0 bridgehead atoms. The van der Waals surface area contributed by atoms with Crippen molar-refractivity contribution in [3.63, 3.8) is 0 Å². The van der Waals surface area contributed by atoms with E-state index in [9.17, 15) is 0 Å². The highest BCUT2D eigenvalue weighted by atomic mass is 14.2. The Labute approximate surface area is 164 Å². The Kier molecular flexibility index (Phi) is 3.27. The number of hydrogen-bond acceptors (Lipinski definition) is 0. The third kappa shape index (κ3) is 2.06. The Balaban J connectivity index is 2.00. The summed E-state index contributed by atoms with van der Waals surface area (Å²) in [4.78, 5) is 0. The molecular formula is C28H18. The highest BCUT2D eigenvalue weighted by Crippen LogP contribution is 2.50. The molecule has 0 heteroatoms. The minimum absolute atomic E-state index is 1.27. The van der Waals surface area contributed by atoms with Gasteiger partial charge in [-0.1, -0.05) is 109 Å². The Morgan fingerprint density at radius 1 is 0.321 bits per heavy atom. The van der Waals surface area contributed by atoms with Gasteiger partial charge >= 0.3 is 0 Å². The zero-order valence-corrected chi connectivity index (χ0v) is 15.4. The van der Waals surface area contributed by atoms with Gasteiger partial charge in [-0.3, -0.25) is 0 Å². The van der Waals surface area contributed by atoms with Crippen molar-refractivity contribution >= 4 is 32.3 Å². The third-order valence-electron chi connectivity index (χ3n) is 5.82. The lowest BCUT2D eigenvalue weighted by Crippen LogP contribution is -1.82. The van der Waals surface area contributed by atoms with Crippen LogP contribution in [0.2, 0.25) is 0 Å². The van der Waals surface area contributed by atoms with Crippen LogP contribution >= 0.6 is 0 Å². The van der Waals surface area contributed by atoms with E-state index < -0.39 is 0 Å². The molecule has 0 atom stereocenters. The molecule has 0 unspecified atom stereocenters. The normalized spacial score (nSPS) is 11.6. The lowest BCUT2D eigenvalue weighted by atomic mass is 9.94. The standard InChI is InChI=1S/C28H18/c1-3-11-19(12-4-1)26-24-15-5-2-6-16-25(24)27-22-17-9-7-13-20(22)21-14-8-10-18-23(21)28(26)27/h1-18H. The zero-order valence-electron chi connectivity index (χ0n) is 15.4. The molecule has 6 rings (SSSR count). The molecule has 0 saturated heterocycles. The Morgan fingerprint density at radius 2 is 0.786 bits per heavy atom. The van der Waals surface area contributed by atoms with Crippen LogP contribution < -0.4 is 0 Å². The predicted molar refractivity (Wildman–Crippen MR) is 121 cm³/mol. The van der Waals surface area contributed by atoms with Crippen molar-refractivity contribution in [2.75, 3.05) is 0 Å². The number of fused-ring (bicyclic) bond motifs is 8. The maximum atomic E-state index is 2.27. The quantitative estimate of drug-likeness (QED) is 0.263. The highest BCUT2D eigenvalue weighted by Gasteiger charge is 2.22. The minimum Gasteiger partial charge on any atom is -0.0622 e. The van der Waals surface area contributed by atoms with Crippen LogP contribution in [0.3, 0.4) is 0 Å². The van der Waals surface area contributed by atoms with Crippen molar-refractivity contribution in [3.05, 3.63) is 109 Å². The fraction of sp³-hybridized carbons (Fsp3) is 0. The van der Waals surface area contributed by atoms with E-state index in [1.165, 1.54) is 54.6 Å². The molecule has 4 aromatic carbocycles. The molecule has 0 fully saturated rings. The van der Waals surface area contributed by atoms with E-state index in [2.05, 4.69) is 109 Å². The summed E-state index contributed by atoms with van der Waals surface area (Å²) in [6.07, 6.45) is 0. The van der Waals surface area contributed by atoms with E-state index in [1.54, 1.807) is 0 Å². The fourth-order valence-electron chi connectivity index (χ4n) is 4.70. The molecule has 0 aromatic heterocycles. The second kappa shape index (κ2) is 5.94. The van der Waals surface area contributed by atoms with Gasteiger partial charge in [0.25, 0.3) is 0 Å². The van der Waals surface area contributed by atoms with Crippen LogP contribution in [0.5, 0.6) is 0 Å². The van der Waals surface area contributed by atoms with Crippen molar-refractivity contribution in [2.24, 2.45) is 0 Å². The van der Waals surface area contributed by atoms with E-state index in [0.717, 1.165) is 0 Å². The van der Waals surface area contributed by atoms with Crippen LogP contribution in [0.1, 0.15) is 0 Å². The van der Waals surface area contributed by atoms with E-state index in [1.807, 2.05) is 0 Å². The highest BCUT2D eigenvalue weighted by molar-refractivity contribution is 6.35. The Morgan fingerprint density at radius 3 is 1.43 bits per heavy atom. The van der Waals surface area contributed by atoms with Crippen LogP contribution in [0, 0.1) is 0 Å². The van der Waals surface area contributed by atoms with Crippen LogP contribution in [-0.4, -0.2) is 0 Å². The fourth-order valence-corrected chi connectivity index (χ4v) is 4.70. The first-order chi connectivity index (χ1) is 13.9. The van der Waals surface area contributed by atoms with Gasteiger partial charge in [0.1, 0.15) is 0 Å². The smallest absolute Gasteiger partial charge is 0.000786 e. The van der Waals surface area contributed by atoms with Gasteiger partial charge in [-0.05, 0) is 54.6 Å². The largest absolute Gasteiger partial charge is 0.0622 e.